The van der Waals surface area contributed by atoms with Crippen molar-refractivity contribution in [3.05, 3.63) is 70.4 Å². The lowest BCUT2D eigenvalue weighted by atomic mass is 9.87. The normalized spacial score (nSPS) is 14.9. The molecule has 0 saturated heterocycles. The molecule has 4 rings (SSSR count). The smallest absolute Gasteiger partial charge is 0.338 e. The average Bonchev–Trinajstić information content (AvgIpc) is 3.32. The predicted octanol–water partition coefficient (Wildman–Crippen LogP) is 6.91. The van der Waals surface area contributed by atoms with Crippen molar-refractivity contribution in [2.75, 3.05) is 24.8 Å². The molecule has 0 spiro atoms. The van der Waals surface area contributed by atoms with Crippen LogP contribution in [0.25, 0.3) is 0 Å². The number of esters is 1. The fraction of sp³-hybridized carbons (Fsp3) is 0.452. The highest BCUT2D eigenvalue weighted by molar-refractivity contribution is 7.99. The van der Waals surface area contributed by atoms with E-state index in [1.807, 2.05) is 25.1 Å². The van der Waals surface area contributed by atoms with Gasteiger partial charge in [0.05, 0.1) is 19.3 Å². The number of nitrogens with zero attached hydrogens (tertiary/aromatic N) is 3. The Morgan fingerprint density at radius 3 is 2.50 bits per heavy atom. The maximum atomic E-state index is 13.3. The van der Waals surface area contributed by atoms with E-state index in [1.54, 1.807) is 23.6 Å². The Bertz CT molecular complexity index is 1360. The first kappa shape index (κ1) is 29.5. The zero-order valence-electron chi connectivity index (χ0n) is 24.5. The van der Waals surface area contributed by atoms with Gasteiger partial charge in [-0.1, -0.05) is 83.1 Å². The summed E-state index contributed by atoms with van der Waals surface area (Å²) in [6.07, 6.45) is 1.75. The van der Waals surface area contributed by atoms with Crippen LogP contribution in [0.3, 0.4) is 0 Å². The first-order valence-corrected chi connectivity index (χ1v) is 14.8. The van der Waals surface area contributed by atoms with E-state index in [1.165, 1.54) is 5.56 Å². The van der Waals surface area contributed by atoms with Gasteiger partial charge in [-0.2, -0.15) is 4.98 Å². The summed E-state index contributed by atoms with van der Waals surface area (Å²) in [4.78, 5) is 18.0. The molecule has 0 saturated carbocycles. The molecular weight excluding hydrogens is 524 g/mol. The average molecular weight is 565 g/mol. The summed E-state index contributed by atoms with van der Waals surface area (Å²) in [7, 11) is 1.62. The molecule has 3 aromatic rings. The number of carbonyl (C=O) groups is 1. The molecule has 9 heteroatoms. The minimum atomic E-state index is -0.531. The number of nitrogens with one attached hydrogen (secondary N) is 1. The number of hydrogen-bond acceptors (Lipinski definition) is 8. The van der Waals surface area contributed by atoms with Crippen LogP contribution >= 0.6 is 11.8 Å². The zero-order valence-corrected chi connectivity index (χ0v) is 25.4. The number of carbonyl (C=O) groups excluding carboxylic acids is 1. The number of allylic oxidation sites excluding steroid dienone is 1. The Labute approximate surface area is 241 Å². The van der Waals surface area contributed by atoms with Gasteiger partial charge in [0, 0.05) is 5.70 Å². The highest BCUT2D eigenvalue weighted by Gasteiger charge is 2.35. The van der Waals surface area contributed by atoms with E-state index >= 15 is 0 Å². The Balaban J connectivity index is 1.64. The van der Waals surface area contributed by atoms with Gasteiger partial charge < -0.3 is 19.5 Å². The molecule has 0 amide bonds. The lowest BCUT2D eigenvalue weighted by molar-refractivity contribution is -0.139. The molecule has 2 heterocycles. The van der Waals surface area contributed by atoms with Crippen LogP contribution in [0.2, 0.25) is 0 Å². The number of rotatable bonds is 11. The number of thioether (sulfide) groups is 1. The van der Waals surface area contributed by atoms with Gasteiger partial charge in [-0.15, -0.1) is 5.10 Å². The number of ether oxygens (including phenoxy) is 3. The van der Waals surface area contributed by atoms with E-state index in [0.717, 1.165) is 29.7 Å². The Morgan fingerprint density at radius 1 is 1.10 bits per heavy atom. The third kappa shape index (κ3) is 6.63. The zero-order chi connectivity index (χ0) is 28.9. The van der Waals surface area contributed by atoms with Gasteiger partial charge in [0.2, 0.25) is 11.1 Å². The molecule has 0 fully saturated rings. The number of aromatic nitrogens is 3. The Kier molecular flexibility index (Phi) is 9.45. The van der Waals surface area contributed by atoms with Gasteiger partial charge in [-0.25, -0.2) is 9.48 Å². The van der Waals surface area contributed by atoms with Crippen LogP contribution in [0.5, 0.6) is 11.5 Å². The topological polar surface area (TPSA) is 87.5 Å². The Hall–Kier alpha value is -3.46. The molecule has 1 N–H and O–H groups in total. The van der Waals surface area contributed by atoms with Crippen molar-refractivity contribution in [3.8, 4) is 11.5 Å². The number of methoxy groups -OCH3 is 1. The first-order valence-electron chi connectivity index (χ1n) is 13.8. The molecule has 214 valence electrons. The van der Waals surface area contributed by atoms with E-state index in [9.17, 15) is 4.79 Å². The second-order valence-corrected chi connectivity index (χ2v) is 12.0. The molecule has 0 bridgehead atoms. The second kappa shape index (κ2) is 12.8. The SMILES string of the molecule is CCCCOC(=O)C1=C(C)Nc2nc(SCC)nn2C1c1ccc(OCc2ccc(C(C)(C)C)cc2)c(OC)c1. The van der Waals surface area contributed by atoms with E-state index in [2.05, 4.69) is 69.2 Å². The van der Waals surface area contributed by atoms with Crippen LogP contribution < -0.4 is 14.8 Å². The number of anilines is 1. The largest absolute Gasteiger partial charge is 0.493 e. The summed E-state index contributed by atoms with van der Waals surface area (Å²) in [5, 5.41) is 8.63. The summed E-state index contributed by atoms with van der Waals surface area (Å²) in [5.74, 6) is 2.25. The van der Waals surface area contributed by atoms with Gasteiger partial charge in [0.1, 0.15) is 12.6 Å². The van der Waals surface area contributed by atoms with Crippen LogP contribution in [0.1, 0.15) is 77.1 Å². The van der Waals surface area contributed by atoms with E-state index in [4.69, 9.17) is 19.3 Å². The van der Waals surface area contributed by atoms with Crippen molar-refractivity contribution < 1.29 is 19.0 Å². The van der Waals surface area contributed by atoms with Gasteiger partial charge in [-0.05, 0) is 53.3 Å². The number of fused-ring (bicyclic) bond motifs is 1. The van der Waals surface area contributed by atoms with Crippen molar-refractivity contribution in [1.29, 1.82) is 0 Å². The fourth-order valence-corrected chi connectivity index (χ4v) is 5.07. The molecule has 0 radical (unpaired) electrons. The molecule has 8 nitrogen and oxygen atoms in total. The third-order valence-corrected chi connectivity index (χ3v) is 7.50. The summed E-state index contributed by atoms with van der Waals surface area (Å²) in [6.45, 7) is 13.4. The van der Waals surface area contributed by atoms with Crippen LogP contribution in [0.4, 0.5) is 5.95 Å². The van der Waals surface area contributed by atoms with Crippen LogP contribution in [0.15, 0.2) is 58.9 Å². The second-order valence-electron chi connectivity index (χ2n) is 10.8. The van der Waals surface area contributed by atoms with E-state index < -0.39 is 6.04 Å². The van der Waals surface area contributed by atoms with Gasteiger partial charge in [0.25, 0.3) is 0 Å². The third-order valence-electron chi connectivity index (χ3n) is 6.78. The maximum Gasteiger partial charge on any atom is 0.338 e. The molecule has 1 atom stereocenters. The molecule has 1 aromatic heterocycles. The number of hydrogen-bond donors (Lipinski definition) is 1. The lowest BCUT2D eigenvalue weighted by Gasteiger charge is -2.28. The van der Waals surface area contributed by atoms with E-state index in [-0.39, 0.29) is 11.4 Å². The highest BCUT2D eigenvalue weighted by atomic mass is 32.2. The quantitative estimate of drug-likeness (QED) is 0.153. The fourth-order valence-electron chi connectivity index (χ4n) is 4.52. The highest BCUT2D eigenvalue weighted by Crippen LogP contribution is 2.40. The molecule has 1 aliphatic rings. The molecule has 1 aliphatic heterocycles. The van der Waals surface area contributed by atoms with Gasteiger partial charge in [-0.3, -0.25) is 0 Å². The molecule has 2 aromatic carbocycles. The minimum Gasteiger partial charge on any atom is -0.493 e. The minimum absolute atomic E-state index is 0.0983. The maximum absolute atomic E-state index is 13.3. The molecule has 0 aliphatic carbocycles. The Morgan fingerprint density at radius 2 is 1.85 bits per heavy atom. The summed E-state index contributed by atoms with van der Waals surface area (Å²) >= 11 is 1.55. The van der Waals surface area contributed by atoms with E-state index in [0.29, 0.717) is 47.1 Å². The number of unbranched alkanes of at least 4 members (excludes halogenated alkanes) is 1. The first-order chi connectivity index (χ1) is 19.2. The summed E-state index contributed by atoms with van der Waals surface area (Å²) in [5.41, 5.74) is 4.46. The predicted molar refractivity (Wildman–Crippen MR) is 159 cm³/mol. The van der Waals surface area contributed by atoms with Crippen molar-refractivity contribution in [2.45, 2.75) is 77.6 Å². The van der Waals surface area contributed by atoms with Crippen molar-refractivity contribution in [3.63, 3.8) is 0 Å². The van der Waals surface area contributed by atoms with Crippen LogP contribution in [-0.4, -0.2) is 40.2 Å². The van der Waals surface area contributed by atoms with Crippen molar-refractivity contribution in [2.24, 2.45) is 0 Å². The lowest BCUT2D eigenvalue weighted by Crippen LogP contribution is -2.29. The number of benzene rings is 2. The summed E-state index contributed by atoms with van der Waals surface area (Å²) < 4.78 is 19.3. The summed E-state index contributed by atoms with van der Waals surface area (Å²) in [6, 6.07) is 13.7. The van der Waals surface area contributed by atoms with Crippen LogP contribution in [0, 0.1) is 0 Å². The molecular formula is C31H40N4O4S. The van der Waals surface area contributed by atoms with Crippen molar-refractivity contribution >= 4 is 23.7 Å². The van der Waals surface area contributed by atoms with Gasteiger partial charge >= 0.3 is 5.97 Å². The van der Waals surface area contributed by atoms with Crippen LogP contribution in [-0.2, 0) is 21.6 Å². The van der Waals surface area contributed by atoms with Crippen molar-refractivity contribution in [1.82, 2.24) is 14.8 Å². The molecule has 1 unspecified atom stereocenters. The van der Waals surface area contributed by atoms with Gasteiger partial charge in [0.15, 0.2) is 11.5 Å². The standard InChI is InChI=1S/C31H40N4O4S/c1-8-10-17-38-28(36)26-20(3)32-29-33-30(40-9-2)34-35(29)27(26)22-13-16-24(25(18-22)37-7)39-19-21-11-14-23(15-12-21)31(4,5)6/h11-16,18,27H,8-10,17,19H2,1-7H3,(H,32,33,34). The molecule has 40 heavy (non-hydrogen) atoms. The monoisotopic (exact) mass is 564 g/mol.